The number of rotatable bonds is 8. The van der Waals surface area contributed by atoms with Crippen molar-refractivity contribution < 1.29 is 18.8 Å². The third-order valence-electron chi connectivity index (χ3n) is 10.1. The third-order valence-corrected chi connectivity index (χ3v) is 11.2. The SMILES string of the molecule is [C-]#[N+]c1c(N=CN(C)C)sc2c1[C@@](C)(c1cc(-c3nc(O[C@@H](C)[C@@H]4CCCN4C)cc(N4CCN(C(=O)OC(C)(C)C)C[C@H]4C)n3)no1)CCC2. The van der Waals surface area contributed by atoms with Crippen LogP contribution in [0.15, 0.2) is 21.6 Å². The molecule has 2 fully saturated rings. The van der Waals surface area contributed by atoms with Crippen LogP contribution in [-0.4, -0.2) is 113 Å². The standard InChI is InChI=1S/C37H51N9O4S/c1-23-21-45(35(47)49-36(3,4)5)17-18-46(23)29-20-30(48-24(2)26-13-12-16-44(26)10)41-33(40-29)25-19-28(50-42-25)37(6)15-11-14-27-31(37)32(38-7)34(51-27)39-22-43(8)9/h19-20,22-24,26H,11-18,21H2,1-6,8-10H3/t23-,24+,26+,37-/m1/s1. The summed E-state index contributed by atoms with van der Waals surface area (Å²) >= 11 is 1.59. The fourth-order valence-electron chi connectivity index (χ4n) is 7.50. The quantitative estimate of drug-likeness (QED) is 0.138. The van der Waals surface area contributed by atoms with Gasteiger partial charge in [0.15, 0.2) is 11.5 Å². The molecule has 0 unspecified atom stereocenters. The van der Waals surface area contributed by atoms with Crippen LogP contribution in [-0.2, 0) is 16.6 Å². The monoisotopic (exact) mass is 717 g/mol. The highest BCUT2D eigenvalue weighted by Crippen LogP contribution is 2.54. The molecule has 3 aromatic heterocycles. The number of likely N-dealkylation sites (N-methyl/N-ethyl adjacent to an activating group) is 1. The van der Waals surface area contributed by atoms with Gasteiger partial charge >= 0.3 is 6.09 Å². The van der Waals surface area contributed by atoms with Crippen LogP contribution in [0.5, 0.6) is 5.88 Å². The Hall–Kier alpha value is -4.22. The van der Waals surface area contributed by atoms with E-state index in [1.165, 1.54) is 0 Å². The van der Waals surface area contributed by atoms with Gasteiger partial charge in [-0.05, 0) is 97.7 Å². The zero-order valence-corrected chi connectivity index (χ0v) is 32.2. The molecular weight excluding hydrogens is 667 g/mol. The minimum Gasteiger partial charge on any atom is -0.473 e. The third kappa shape index (κ3) is 7.70. The van der Waals surface area contributed by atoms with Crippen LogP contribution in [0.2, 0.25) is 0 Å². The molecule has 0 spiro atoms. The summed E-state index contributed by atoms with van der Waals surface area (Å²) in [4.78, 5) is 40.7. The van der Waals surface area contributed by atoms with Crippen LogP contribution in [0.4, 0.5) is 21.3 Å². The second-order valence-electron chi connectivity index (χ2n) is 15.5. The molecule has 51 heavy (non-hydrogen) atoms. The Balaban J connectivity index is 1.34. The highest BCUT2D eigenvalue weighted by atomic mass is 32.1. The minimum absolute atomic E-state index is 0.0392. The van der Waals surface area contributed by atoms with Crippen molar-refractivity contribution in [1.29, 1.82) is 0 Å². The van der Waals surface area contributed by atoms with Gasteiger partial charge in [-0.15, -0.1) is 11.3 Å². The van der Waals surface area contributed by atoms with E-state index in [2.05, 4.69) is 52.6 Å². The first-order valence-corrected chi connectivity index (χ1v) is 18.7. The van der Waals surface area contributed by atoms with E-state index >= 15 is 0 Å². The second kappa shape index (κ2) is 14.4. The molecule has 4 atom stereocenters. The van der Waals surface area contributed by atoms with Crippen molar-refractivity contribution >= 4 is 40.3 Å². The number of likely N-dealkylation sites (tertiary alicyclic amines) is 1. The number of hydrogen-bond donors (Lipinski definition) is 0. The zero-order valence-electron chi connectivity index (χ0n) is 31.4. The molecule has 274 valence electrons. The largest absolute Gasteiger partial charge is 0.473 e. The topological polar surface area (TPSA) is 117 Å². The predicted molar refractivity (Wildman–Crippen MR) is 200 cm³/mol. The van der Waals surface area contributed by atoms with Crippen molar-refractivity contribution in [2.45, 2.75) is 103 Å². The molecule has 14 heteroatoms. The zero-order chi connectivity index (χ0) is 36.7. The normalized spacial score (nSPS) is 23.3. The van der Waals surface area contributed by atoms with Crippen LogP contribution >= 0.6 is 11.3 Å². The molecule has 0 aromatic carbocycles. The number of aryl methyl sites for hydroxylation is 1. The van der Waals surface area contributed by atoms with Gasteiger partial charge in [0, 0.05) is 63.4 Å². The van der Waals surface area contributed by atoms with Crippen LogP contribution in [0.1, 0.15) is 83.4 Å². The lowest BCUT2D eigenvalue weighted by molar-refractivity contribution is 0.0218. The molecule has 1 amide bonds. The van der Waals surface area contributed by atoms with E-state index in [-0.39, 0.29) is 24.3 Å². The molecule has 13 nitrogen and oxygen atoms in total. The number of fused-ring (bicyclic) bond motifs is 1. The van der Waals surface area contributed by atoms with E-state index in [9.17, 15) is 4.79 Å². The number of nitrogens with zero attached hydrogens (tertiary/aromatic N) is 9. The van der Waals surface area contributed by atoms with Gasteiger partial charge in [0.1, 0.15) is 28.3 Å². The lowest BCUT2D eigenvalue weighted by Gasteiger charge is -2.40. The van der Waals surface area contributed by atoms with Crippen LogP contribution in [0, 0.1) is 6.57 Å². The van der Waals surface area contributed by atoms with Crippen LogP contribution in [0.3, 0.4) is 0 Å². The van der Waals surface area contributed by atoms with Crippen molar-refractivity contribution in [3.63, 3.8) is 0 Å². The highest BCUT2D eigenvalue weighted by Gasteiger charge is 2.42. The number of ether oxygens (including phenoxy) is 2. The number of carbonyl (C=O) groups excluding carboxylic acids is 1. The first-order chi connectivity index (χ1) is 24.2. The van der Waals surface area contributed by atoms with E-state index in [1.54, 1.807) is 22.6 Å². The lowest BCUT2D eigenvalue weighted by Crippen LogP contribution is -2.54. The molecule has 3 aromatic rings. The minimum atomic E-state index is -0.564. The number of piperazine rings is 1. The Morgan fingerprint density at radius 1 is 1.24 bits per heavy atom. The fourth-order valence-corrected chi connectivity index (χ4v) is 8.75. The Bertz CT molecular complexity index is 1810. The molecule has 1 aliphatic carbocycles. The van der Waals surface area contributed by atoms with E-state index in [4.69, 9.17) is 30.5 Å². The summed E-state index contributed by atoms with van der Waals surface area (Å²) in [5, 5.41) is 5.24. The number of aliphatic imine (C=N–C) groups is 1. The van der Waals surface area contributed by atoms with Crippen LogP contribution < -0.4 is 9.64 Å². The highest BCUT2D eigenvalue weighted by molar-refractivity contribution is 7.16. The maximum atomic E-state index is 12.9. The molecule has 6 rings (SSSR count). The number of hydrogen-bond acceptors (Lipinski definition) is 11. The van der Waals surface area contributed by atoms with E-state index < -0.39 is 11.0 Å². The number of anilines is 1. The van der Waals surface area contributed by atoms with Gasteiger partial charge < -0.3 is 28.7 Å². The van der Waals surface area contributed by atoms with Gasteiger partial charge in [-0.1, -0.05) is 5.16 Å². The van der Waals surface area contributed by atoms with Crippen molar-refractivity contribution in [3.05, 3.63) is 39.8 Å². The maximum Gasteiger partial charge on any atom is 0.410 e. The summed E-state index contributed by atoms with van der Waals surface area (Å²) in [5.41, 5.74) is 0.929. The van der Waals surface area contributed by atoms with Crippen molar-refractivity contribution in [2.75, 3.05) is 52.2 Å². The van der Waals surface area contributed by atoms with E-state index in [1.807, 2.05) is 51.9 Å². The van der Waals surface area contributed by atoms with E-state index in [0.29, 0.717) is 54.3 Å². The second-order valence-corrected chi connectivity index (χ2v) is 16.6. The Morgan fingerprint density at radius 3 is 2.69 bits per heavy atom. The Labute approximate surface area is 305 Å². The van der Waals surface area contributed by atoms with Crippen molar-refractivity contribution in [2.24, 2.45) is 4.99 Å². The molecule has 0 bridgehead atoms. The molecule has 2 saturated heterocycles. The maximum absolute atomic E-state index is 12.9. The lowest BCUT2D eigenvalue weighted by atomic mass is 9.71. The molecule has 0 saturated carbocycles. The van der Waals surface area contributed by atoms with Crippen molar-refractivity contribution in [3.8, 4) is 17.4 Å². The number of aromatic nitrogens is 3. The molecule has 5 heterocycles. The van der Waals surface area contributed by atoms with Gasteiger partial charge in [-0.2, -0.15) is 4.98 Å². The average molecular weight is 718 g/mol. The average Bonchev–Trinajstić information content (AvgIpc) is 3.82. The van der Waals surface area contributed by atoms with Crippen LogP contribution in [0.25, 0.3) is 16.4 Å². The summed E-state index contributed by atoms with van der Waals surface area (Å²) in [7, 11) is 5.97. The van der Waals surface area contributed by atoms with Gasteiger partial charge in [0.05, 0.1) is 12.9 Å². The fraction of sp³-hybridized carbons (Fsp3) is 0.622. The summed E-state index contributed by atoms with van der Waals surface area (Å²) < 4.78 is 18.4. The number of amides is 1. The van der Waals surface area contributed by atoms with Gasteiger partial charge in [-0.3, -0.25) is 4.90 Å². The summed E-state index contributed by atoms with van der Waals surface area (Å²) in [6, 6.07) is 4.07. The summed E-state index contributed by atoms with van der Waals surface area (Å²) in [6.07, 6.45) is 6.21. The number of thiophene rings is 1. The van der Waals surface area contributed by atoms with E-state index in [0.717, 1.165) is 54.1 Å². The first kappa shape index (κ1) is 36.6. The molecule has 0 radical (unpaired) electrons. The first-order valence-electron chi connectivity index (χ1n) is 17.9. The Kier molecular flexibility index (Phi) is 10.3. The van der Waals surface area contributed by atoms with Gasteiger partial charge in [0.2, 0.25) is 11.6 Å². The smallest absolute Gasteiger partial charge is 0.410 e. The number of carbonyl (C=O) groups is 1. The molecule has 0 N–H and O–H groups in total. The molecular formula is C37H51N9O4S. The summed E-state index contributed by atoms with van der Waals surface area (Å²) in [5.74, 6) is 2.24. The summed E-state index contributed by atoms with van der Waals surface area (Å²) in [6.45, 7) is 22.6. The Morgan fingerprint density at radius 2 is 2.02 bits per heavy atom. The predicted octanol–water partition coefficient (Wildman–Crippen LogP) is 6.91. The van der Waals surface area contributed by atoms with Gasteiger partial charge in [0.25, 0.3) is 0 Å². The molecule has 3 aliphatic rings. The van der Waals surface area contributed by atoms with Gasteiger partial charge in [-0.25, -0.2) is 19.6 Å². The molecule has 2 aliphatic heterocycles. The van der Waals surface area contributed by atoms with Crippen molar-refractivity contribution in [1.82, 2.24) is 29.8 Å².